The van der Waals surface area contributed by atoms with E-state index in [9.17, 15) is 4.39 Å². The van der Waals surface area contributed by atoms with Crippen molar-refractivity contribution >= 4 is 13.8 Å². The van der Waals surface area contributed by atoms with Crippen LogP contribution in [0.15, 0.2) is 30.6 Å². The molecular weight excluding hydrogens is 285 g/mol. The first-order valence-corrected chi connectivity index (χ1v) is 10.7. The molecule has 0 unspecified atom stereocenters. The van der Waals surface area contributed by atoms with Gasteiger partial charge in [-0.2, -0.15) is 5.10 Å². The van der Waals surface area contributed by atoms with Gasteiger partial charge < -0.3 is 10.5 Å². The van der Waals surface area contributed by atoms with Gasteiger partial charge in [0.2, 0.25) is 0 Å². The fraction of sp³-hybridized carbons (Fsp3) is 0.400. The van der Waals surface area contributed by atoms with Crippen LogP contribution in [0.2, 0.25) is 25.7 Å². The second kappa shape index (κ2) is 6.40. The third kappa shape index (κ3) is 4.68. The zero-order chi connectivity index (χ0) is 15.5. The quantitative estimate of drug-likeness (QED) is 0.504. The van der Waals surface area contributed by atoms with Crippen molar-refractivity contribution in [2.45, 2.75) is 32.4 Å². The maximum Gasteiger partial charge on any atom is 0.139 e. The number of nitrogen functional groups attached to an aromatic ring is 1. The number of rotatable bonds is 6. The maximum absolute atomic E-state index is 13.8. The van der Waals surface area contributed by atoms with Gasteiger partial charge in [-0.05, 0) is 24.2 Å². The molecule has 0 aliphatic heterocycles. The first-order chi connectivity index (χ1) is 9.85. The number of benzene rings is 1. The van der Waals surface area contributed by atoms with Gasteiger partial charge in [-0.25, -0.2) is 9.07 Å². The third-order valence-corrected chi connectivity index (χ3v) is 4.86. The summed E-state index contributed by atoms with van der Waals surface area (Å²) in [6, 6.07) is 5.78. The summed E-state index contributed by atoms with van der Waals surface area (Å²) >= 11 is 0. The Balaban J connectivity index is 1.95. The molecule has 114 valence electrons. The number of hydrogen-bond acceptors (Lipinski definition) is 3. The van der Waals surface area contributed by atoms with Gasteiger partial charge in [-0.15, -0.1) is 0 Å². The Morgan fingerprint density at radius 3 is 2.76 bits per heavy atom. The summed E-state index contributed by atoms with van der Waals surface area (Å²) in [5.41, 5.74) is 7.19. The van der Waals surface area contributed by atoms with E-state index >= 15 is 0 Å². The van der Waals surface area contributed by atoms with Crippen LogP contribution < -0.4 is 5.73 Å². The van der Waals surface area contributed by atoms with Gasteiger partial charge in [-0.1, -0.05) is 19.6 Å². The third-order valence-electron chi connectivity index (χ3n) is 3.16. The standard InChI is InChI=1S/C15H22FN3OSi/c1-21(2,3)7-6-20-11-19-10-12(9-18-19)14-5-4-13(17)8-15(14)16/h4-5,8-10H,6-7,11,17H2,1-3H3. The molecule has 0 spiro atoms. The number of halogens is 1. The highest BCUT2D eigenvalue weighted by molar-refractivity contribution is 6.76. The Bertz CT molecular complexity index is 607. The molecule has 1 aromatic carbocycles. The van der Waals surface area contributed by atoms with Gasteiger partial charge in [-0.3, -0.25) is 0 Å². The van der Waals surface area contributed by atoms with Crippen LogP contribution in [0.3, 0.4) is 0 Å². The van der Waals surface area contributed by atoms with Gasteiger partial charge in [0.05, 0.1) is 6.20 Å². The number of hydrogen-bond donors (Lipinski definition) is 1. The van der Waals surface area contributed by atoms with E-state index in [1.54, 1.807) is 29.2 Å². The molecule has 0 saturated carbocycles. The Hall–Kier alpha value is -1.66. The summed E-state index contributed by atoms with van der Waals surface area (Å²) in [4.78, 5) is 0. The van der Waals surface area contributed by atoms with E-state index in [0.29, 0.717) is 18.0 Å². The van der Waals surface area contributed by atoms with E-state index in [1.807, 2.05) is 0 Å². The van der Waals surface area contributed by atoms with Crippen LogP contribution in [0, 0.1) is 5.82 Å². The number of ether oxygens (including phenoxy) is 1. The Morgan fingerprint density at radius 1 is 1.33 bits per heavy atom. The largest absolute Gasteiger partial charge is 0.399 e. The van der Waals surface area contributed by atoms with Crippen molar-refractivity contribution in [3.63, 3.8) is 0 Å². The molecule has 4 nitrogen and oxygen atoms in total. The molecule has 0 fully saturated rings. The highest BCUT2D eigenvalue weighted by Crippen LogP contribution is 2.23. The SMILES string of the molecule is C[Si](C)(C)CCOCn1cc(-c2ccc(N)cc2F)cn1. The lowest BCUT2D eigenvalue weighted by atomic mass is 10.1. The van der Waals surface area contributed by atoms with Crippen LogP contribution in [-0.2, 0) is 11.5 Å². The normalized spacial score (nSPS) is 11.8. The van der Waals surface area contributed by atoms with Crippen molar-refractivity contribution < 1.29 is 9.13 Å². The summed E-state index contributed by atoms with van der Waals surface area (Å²) < 4.78 is 21.1. The molecule has 2 rings (SSSR count). The van der Waals surface area contributed by atoms with Gasteiger partial charge in [0.1, 0.15) is 12.5 Å². The number of nitrogens with zero attached hydrogens (tertiary/aromatic N) is 2. The smallest absolute Gasteiger partial charge is 0.139 e. The van der Waals surface area contributed by atoms with Crippen LogP contribution in [-0.4, -0.2) is 24.5 Å². The Kier molecular flexibility index (Phi) is 4.79. The van der Waals surface area contributed by atoms with Crippen molar-refractivity contribution in [1.82, 2.24) is 9.78 Å². The van der Waals surface area contributed by atoms with Crippen LogP contribution >= 0.6 is 0 Å². The average Bonchev–Trinajstić information content (AvgIpc) is 2.82. The number of anilines is 1. The highest BCUT2D eigenvalue weighted by Gasteiger charge is 2.12. The number of aromatic nitrogens is 2. The molecule has 21 heavy (non-hydrogen) atoms. The molecule has 1 heterocycles. The fourth-order valence-electron chi connectivity index (χ4n) is 1.88. The molecule has 0 atom stereocenters. The minimum atomic E-state index is -1.07. The summed E-state index contributed by atoms with van der Waals surface area (Å²) in [6.45, 7) is 8.06. The fourth-order valence-corrected chi connectivity index (χ4v) is 2.63. The van der Waals surface area contributed by atoms with E-state index in [4.69, 9.17) is 10.5 Å². The van der Waals surface area contributed by atoms with Crippen LogP contribution in [0.5, 0.6) is 0 Å². The lowest BCUT2D eigenvalue weighted by Gasteiger charge is -2.15. The molecular formula is C15H22FN3OSi. The minimum Gasteiger partial charge on any atom is -0.399 e. The Labute approximate surface area is 125 Å². The predicted molar refractivity (Wildman–Crippen MR) is 86.1 cm³/mol. The van der Waals surface area contributed by atoms with E-state index in [2.05, 4.69) is 24.7 Å². The average molecular weight is 307 g/mol. The van der Waals surface area contributed by atoms with E-state index in [-0.39, 0.29) is 5.82 Å². The summed E-state index contributed by atoms with van der Waals surface area (Å²) in [5, 5.41) is 4.20. The molecule has 0 saturated heterocycles. The zero-order valence-electron chi connectivity index (χ0n) is 12.8. The van der Waals surface area contributed by atoms with Crippen LogP contribution in [0.1, 0.15) is 0 Å². The van der Waals surface area contributed by atoms with E-state index < -0.39 is 8.07 Å². The van der Waals surface area contributed by atoms with E-state index in [0.717, 1.165) is 18.2 Å². The molecule has 6 heteroatoms. The van der Waals surface area contributed by atoms with E-state index in [1.165, 1.54) is 6.07 Å². The van der Waals surface area contributed by atoms with Crippen molar-refractivity contribution in [3.8, 4) is 11.1 Å². The van der Waals surface area contributed by atoms with Crippen molar-refractivity contribution in [1.29, 1.82) is 0 Å². The molecule has 0 aliphatic carbocycles. The van der Waals surface area contributed by atoms with Crippen molar-refractivity contribution in [3.05, 3.63) is 36.4 Å². The first-order valence-electron chi connectivity index (χ1n) is 7.01. The van der Waals surface area contributed by atoms with Crippen LogP contribution in [0.4, 0.5) is 10.1 Å². The molecule has 2 aromatic rings. The first kappa shape index (κ1) is 15.7. The van der Waals surface area contributed by atoms with Crippen molar-refractivity contribution in [2.75, 3.05) is 12.3 Å². The zero-order valence-corrected chi connectivity index (χ0v) is 13.8. The van der Waals surface area contributed by atoms with Gasteiger partial charge in [0.15, 0.2) is 0 Å². The highest BCUT2D eigenvalue weighted by atomic mass is 28.3. The maximum atomic E-state index is 13.8. The molecule has 0 bridgehead atoms. The van der Waals surface area contributed by atoms with Crippen molar-refractivity contribution in [2.24, 2.45) is 0 Å². The van der Waals surface area contributed by atoms with Crippen LogP contribution in [0.25, 0.3) is 11.1 Å². The summed E-state index contributed by atoms with van der Waals surface area (Å²) in [6.07, 6.45) is 3.42. The molecule has 0 aliphatic rings. The molecule has 0 radical (unpaired) electrons. The molecule has 0 amide bonds. The second-order valence-corrected chi connectivity index (χ2v) is 12.0. The minimum absolute atomic E-state index is 0.339. The summed E-state index contributed by atoms with van der Waals surface area (Å²) in [7, 11) is -1.07. The molecule has 1 aromatic heterocycles. The monoisotopic (exact) mass is 307 g/mol. The second-order valence-electron chi connectivity index (χ2n) is 6.36. The van der Waals surface area contributed by atoms with Gasteiger partial charge >= 0.3 is 0 Å². The van der Waals surface area contributed by atoms with Gasteiger partial charge in [0, 0.05) is 37.7 Å². The summed E-state index contributed by atoms with van der Waals surface area (Å²) in [5.74, 6) is -0.339. The molecule has 2 N–H and O–H groups in total. The topological polar surface area (TPSA) is 53.1 Å². The Morgan fingerprint density at radius 2 is 2.10 bits per heavy atom. The lowest BCUT2D eigenvalue weighted by molar-refractivity contribution is 0.0786. The predicted octanol–water partition coefficient (Wildman–Crippen LogP) is 3.58. The van der Waals surface area contributed by atoms with Gasteiger partial charge in [0.25, 0.3) is 0 Å². The lowest BCUT2D eigenvalue weighted by Crippen LogP contribution is -2.22. The number of nitrogens with two attached hydrogens (primary N) is 1.